The normalized spacial score (nSPS) is 10.4. The predicted molar refractivity (Wildman–Crippen MR) is 96.5 cm³/mol. The number of aliphatic hydroxyl groups excluding tert-OH is 1. The number of aryl methyl sites for hydroxylation is 1. The molecule has 1 N–H and O–H groups in total. The third-order valence-corrected chi connectivity index (χ3v) is 3.48. The van der Waals surface area contributed by atoms with E-state index in [1.54, 1.807) is 0 Å². The van der Waals surface area contributed by atoms with Gasteiger partial charge in [-0.15, -0.1) is 30.3 Å². The molecule has 4 heteroatoms. The van der Waals surface area contributed by atoms with Gasteiger partial charge in [-0.1, -0.05) is 23.8 Å². The molecule has 3 rings (SSSR count). The molecule has 0 unspecified atom stereocenters. The average Bonchev–Trinajstić information content (AvgIpc) is 2.55. The molecule has 25 heavy (non-hydrogen) atoms. The molecule has 0 saturated carbocycles. The van der Waals surface area contributed by atoms with Crippen LogP contribution in [0.25, 0.3) is 22.2 Å². The molecule has 0 spiro atoms. The van der Waals surface area contributed by atoms with Crippen LogP contribution in [0.3, 0.4) is 0 Å². The van der Waals surface area contributed by atoms with E-state index in [-0.39, 0.29) is 31.6 Å². The molecule has 0 atom stereocenters. The van der Waals surface area contributed by atoms with Crippen LogP contribution in [0.4, 0.5) is 0 Å². The smallest absolute Gasteiger partial charge is 0.204 e. The van der Waals surface area contributed by atoms with Crippen LogP contribution in [0.1, 0.15) is 13.8 Å². The second kappa shape index (κ2) is 9.87. The number of para-hydroxylation sites is 1. The van der Waals surface area contributed by atoms with E-state index in [0.29, 0.717) is 0 Å². The van der Waals surface area contributed by atoms with Crippen LogP contribution in [-0.4, -0.2) is 10.9 Å². The van der Waals surface area contributed by atoms with Gasteiger partial charge >= 0.3 is 0 Å². The number of ketones is 1. The van der Waals surface area contributed by atoms with E-state index in [2.05, 4.69) is 60.1 Å². The molecule has 0 bridgehead atoms. The van der Waals surface area contributed by atoms with Crippen LogP contribution >= 0.6 is 0 Å². The molecule has 1 radical (unpaired) electrons. The molecule has 3 aromatic rings. The Hall–Kier alpha value is -2.29. The number of fused-ring (bicyclic) bond motifs is 1. The minimum Gasteiger partial charge on any atom is -0.512 e. The Morgan fingerprint density at radius 1 is 1.04 bits per heavy atom. The van der Waals surface area contributed by atoms with Crippen LogP contribution in [0.15, 0.2) is 72.5 Å². The number of aliphatic hydroxyl groups is 1. The summed E-state index contributed by atoms with van der Waals surface area (Å²) in [4.78, 5) is 10.0. The van der Waals surface area contributed by atoms with Crippen molar-refractivity contribution in [3.63, 3.8) is 0 Å². The van der Waals surface area contributed by atoms with Crippen molar-refractivity contribution in [2.24, 2.45) is 7.05 Å². The number of nitrogens with zero attached hydrogens (tertiary/aromatic N) is 1. The van der Waals surface area contributed by atoms with E-state index in [0.717, 1.165) is 5.56 Å². The van der Waals surface area contributed by atoms with Gasteiger partial charge in [0.15, 0.2) is 5.78 Å². The van der Waals surface area contributed by atoms with Gasteiger partial charge in [-0.3, -0.25) is 4.79 Å². The minimum atomic E-state index is -0.125. The Balaban J connectivity index is 0.000000339. The molecule has 0 amide bonds. The standard InChI is InChI=1S/C16H13N.C5H8O2.Ir/c1-17-15-10-6-5-9-14(15)11-12-16(17)13-7-3-2-4-8-13;1-4(6)3-5(2)7;/h2-7,9-12H,1H3;3,6H,1-2H3;/b;4-3-;. The van der Waals surface area contributed by atoms with Crippen LogP contribution < -0.4 is 4.57 Å². The maximum absolute atomic E-state index is 10.0. The fourth-order valence-electron chi connectivity index (χ4n) is 2.46. The Morgan fingerprint density at radius 2 is 1.72 bits per heavy atom. The SMILES string of the molecule is CC(=O)/C=C(/C)O.C[n+]1c(-c2[c-]cccc2)ccc2ccccc21.[Ir]. The molecule has 0 saturated heterocycles. The third-order valence-electron chi connectivity index (χ3n) is 3.48. The summed E-state index contributed by atoms with van der Waals surface area (Å²) in [7, 11) is 2.10. The predicted octanol–water partition coefficient (Wildman–Crippen LogP) is 4.17. The number of pyridine rings is 1. The van der Waals surface area contributed by atoms with E-state index >= 15 is 0 Å². The first-order valence-corrected chi connectivity index (χ1v) is 7.71. The van der Waals surface area contributed by atoms with Crippen molar-refractivity contribution >= 4 is 16.7 Å². The van der Waals surface area contributed by atoms with Gasteiger partial charge in [-0.05, 0) is 26.0 Å². The first-order chi connectivity index (χ1) is 11.5. The number of rotatable bonds is 2. The number of hydrogen-bond acceptors (Lipinski definition) is 2. The van der Waals surface area contributed by atoms with Gasteiger partial charge in [0, 0.05) is 37.6 Å². The first-order valence-electron chi connectivity index (χ1n) is 7.71. The van der Waals surface area contributed by atoms with E-state index in [4.69, 9.17) is 5.11 Å². The molecular formula is C21H21IrNO2. The van der Waals surface area contributed by atoms with Gasteiger partial charge < -0.3 is 5.11 Å². The third kappa shape index (κ3) is 5.93. The summed E-state index contributed by atoms with van der Waals surface area (Å²) in [5.41, 5.74) is 3.55. The summed E-state index contributed by atoms with van der Waals surface area (Å²) in [6.07, 6.45) is 1.17. The molecule has 0 aliphatic heterocycles. The summed E-state index contributed by atoms with van der Waals surface area (Å²) in [5, 5.41) is 9.62. The fourth-order valence-corrected chi connectivity index (χ4v) is 2.46. The van der Waals surface area contributed by atoms with Crippen LogP contribution in [0.5, 0.6) is 0 Å². The zero-order chi connectivity index (χ0) is 17.5. The van der Waals surface area contributed by atoms with Crippen molar-refractivity contribution in [2.45, 2.75) is 13.8 Å². The largest absolute Gasteiger partial charge is 0.512 e. The van der Waals surface area contributed by atoms with Gasteiger partial charge in [0.1, 0.15) is 12.7 Å². The van der Waals surface area contributed by atoms with Crippen molar-refractivity contribution < 1.29 is 34.6 Å². The molecule has 0 aliphatic carbocycles. The molecule has 1 heterocycles. The number of aromatic nitrogens is 1. The number of carbonyl (C=O) groups excluding carboxylic acids is 1. The molecule has 2 aromatic carbocycles. The second-order valence-corrected chi connectivity index (χ2v) is 5.51. The topological polar surface area (TPSA) is 41.2 Å². The van der Waals surface area contributed by atoms with Crippen molar-refractivity contribution in [1.29, 1.82) is 0 Å². The maximum Gasteiger partial charge on any atom is 0.204 e. The Bertz CT molecular complexity index is 869. The quantitative estimate of drug-likeness (QED) is 0.243. The van der Waals surface area contributed by atoms with Gasteiger partial charge in [0.25, 0.3) is 0 Å². The van der Waals surface area contributed by atoms with E-state index in [1.165, 1.54) is 36.5 Å². The molecule has 1 aromatic heterocycles. The van der Waals surface area contributed by atoms with E-state index in [9.17, 15) is 4.79 Å². The van der Waals surface area contributed by atoms with Crippen molar-refractivity contribution in [2.75, 3.05) is 0 Å². The number of carbonyl (C=O) groups is 1. The molecule has 0 fully saturated rings. The second-order valence-electron chi connectivity index (χ2n) is 5.51. The Morgan fingerprint density at radius 3 is 2.28 bits per heavy atom. The monoisotopic (exact) mass is 512 g/mol. The number of benzene rings is 2. The van der Waals surface area contributed by atoms with Crippen LogP contribution in [0, 0.1) is 6.07 Å². The van der Waals surface area contributed by atoms with Crippen molar-refractivity contribution in [3.05, 3.63) is 78.6 Å². The molecule has 0 aliphatic rings. The summed E-state index contributed by atoms with van der Waals surface area (Å²) in [5.74, 6) is -0.0625. The Kier molecular flexibility index (Phi) is 8.20. The van der Waals surface area contributed by atoms with Crippen LogP contribution in [-0.2, 0) is 31.9 Å². The van der Waals surface area contributed by atoms with Gasteiger partial charge in [-0.2, -0.15) is 0 Å². The molecule has 131 valence electrons. The van der Waals surface area contributed by atoms with Crippen molar-refractivity contribution in [3.8, 4) is 11.3 Å². The van der Waals surface area contributed by atoms with Gasteiger partial charge in [-0.25, -0.2) is 4.57 Å². The average molecular weight is 512 g/mol. The molecular weight excluding hydrogens is 490 g/mol. The van der Waals surface area contributed by atoms with Crippen molar-refractivity contribution in [1.82, 2.24) is 0 Å². The van der Waals surface area contributed by atoms with E-state index in [1.807, 2.05) is 18.2 Å². The zero-order valence-corrected chi connectivity index (χ0v) is 16.9. The van der Waals surface area contributed by atoms with Gasteiger partial charge in [0.05, 0.1) is 5.76 Å². The minimum absolute atomic E-state index is 0. The zero-order valence-electron chi connectivity index (χ0n) is 14.5. The summed E-state index contributed by atoms with van der Waals surface area (Å²) in [6, 6.07) is 24.1. The Labute approximate surface area is 162 Å². The van der Waals surface area contributed by atoms with Gasteiger partial charge in [0.2, 0.25) is 5.52 Å². The summed E-state index contributed by atoms with van der Waals surface area (Å²) >= 11 is 0. The molecule has 3 nitrogen and oxygen atoms in total. The van der Waals surface area contributed by atoms with E-state index < -0.39 is 0 Å². The fraction of sp³-hybridized carbons (Fsp3) is 0.143. The number of hydrogen-bond donors (Lipinski definition) is 1. The van der Waals surface area contributed by atoms with Crippen LogP contribution in [0.2, 0.25) is 0 Å². The first kappa shape index (κ1) is 20.8. The summed E-state index contributed by atoms with van der Waals surface area (Å²) in [6.45, 7) is 2.85. The summed E-state index contributed by atoms with van der Waals surface area (Å²) < 4.78 is 2.21. The number of allylic oxidation sites excluding steroid dienone is 2. The maximum atomic E-state index is 10.0.